The van der Waals surface area contributed by atoms with E-state index in [1.54, 1.807) is 0 Å². The minimum atomic E-state index is -2.42. The van der Waals surface area contributed by atoms with Gasteiger partial charge in [0.15, 0.2) is 11.1 Å². The van der Waals surface area contributed by atoms with Crippen molar-refractivity contribution in [2.24, 2.45) is 0 Å². The first-order valence-electron chi connectivity index (χ1n) is 4.01. The Hall–Kier alpha value is -0.810. The van der Waals surface area contributed by atoms with Crippen LogP contribution in [0.2, 0.25) is 0 Å². The third-order valence-corrected chi connectivity index (χ3v) is 2.66. The molecule has 0 aliphatic heterocycles. The van der Waals surface area contributed by atoms with Crippen molar-refractivity contribution in [3.63, 3.8) is 0 Å². The Bertz CT molecular complexity index is 324. The van der Waals surface area contributed by atoms with Crippen molar-refractivity contribution in [3.05, 3.63) is 29.8 Å². The van der Waals surface area contributed by atoms with Gasteiger partial charge in [-0.05, 0) is 17.7 Å². The van der Waals surface area contributed by atoms with Gasteiger partial charge >= 0.3 is 0 Å². The molecule has 1 aromatic carbocycles. The normalized spacial score (nSPS) is 15.5. The zero-order chi connectivity index (χ0) is 10.7. The van der Waals surface area contributed by atoms with Gasteiger partial charge in [0.2, 0.25) is 6.43 Å². The van der Waals surface area contributed by atoms with Gasteiger partial charge in [-0.15, -0.1) is 0 Å². The number of halogens is 2. The Balaban J connectivity index is 2.88. The minimum Gasteiger partial charge on any atom is -0.302 e. The van der Waals surface area contributed by atoms with Crippen LogP contribution in [0.1, 0.15) is 18.4 Å². The van der Waals surface area contributed by atoms with E-state index in [0.29, 0.717) is 5.56 Å². The van der Waals surface area contributed by atoms with E-state index in [4.69, 9.17) is 4.55 Å². The second-order valence-corrected chi connectivity index (χ2v) is 3.91. The van der Waals surface area contributed by atoms with Crippen LogP contribution in [0, 0.1) is 0 Å². The van der Waals surface area contributed by atoms with Crippen molar-refractivity contribution in [2.75, 3.05) is 0 Å². The number of hydrogen-bond acceptors (Lipinski definition) is 1. The van der Waals surface area contributed by atoms with Crippen molar-refractivity contribution >= 4 is 11.1 Å². The van der Waals surface area contributed by atoms with E-state index in [1.165, 1.54) is 31.2 Å². The summed E-state index contributed by atoms with van der Waals surface area (Å²) >= 11 is -2.05. The summed E-state index contributed by atoms with van der Waals surface area (Å²) in [5, 5.41) is 0. The Morgan fingerprint density at radius 1 is 1.29 bits per heavy atom. The van der Waals surface area contributed by atoms with Crippen LogP contribution in [0.4, 0.5) is 8.78 Å². The summed E-state index contributed by atoms with van der Waals surface area (Å²) in [6.45, 7) is 1.41. The van der Waals surface area contributed by atoms with E-state index < -0.39 is 23.4 Å². The smallest absolute Gasteiger partial charge is 0.245 e. The molecule has 0 amide bonds. The molecule has 0 saturated carbocycles. The molecule has 2 atom stereocenters. The molecule has 1 aromatic rings. The topological polar surface area (TPSA) is 37.3 Å². The molecule has 0 aliphatic carbocycles. The van der Waals surface area contributed by atoms with Gasteiger partial charge in [0, 0.05) is 5.92 Å². The molecule has 0 fully saturated rings. The fourth-order valence-electron chi connectivity index (χ4n) is 1.03. The second-order valence-electron chi connectivity index (χ2n) is 2.94. The maximum absolute atomic E-state index is 12.3. The minimum absolute atomic E-state index is 0.218. The zero-order valence-electron chi connectivity index (χ0n) is 7.48. The predicted molar refractivity (Wildman–Crippen MR) is 49.9 cm³/mol. The van der Waals surface area contributed by atoms with Crippen molar-refractivity contribution in [2.45, 2.75) is 24.2 Å². The van der Waals surface area contributed by atoms with E-state index in [1.807, 2.05) is 0 Å². The summed E-state index contributed by atoms with van der Waals surface area (Å²) in [6, 6.07) is 5.65. The summed E-state index contributed by atoms with van der Waals surface area (Å²) in [4.78, 5) is 0.218. The quantitative estimate of drug-likeness (QED) is 0.795. The summed E-state index contributed by atoms with van der Waals surface area (Å²) < 4.78 is 43.8. The molecule has 0 bridgehead atoms. The average molecular weight is 220 g/mol. The lowest BCUT2D eigenvalue weighted by molar-refractivity contribution is 0.121. The molecule has 78 valence electrons. The van der Waals surface area contributed by atoms with E-state index in [9.17, 15) is 13.0 Å². The number of hydrogen-bond donors (Lipinski definition) is 1. The van der Waals surface area contributed by atoms with E-state index in [2.05, 4.69) is 0 Å². The van der Waals surface area contributed by atoms with Crippen LogP contribution in [0.25, 0.3) is 0 Å². The predicted octanol–water partition coefficient (Wildman–Crippen LogP) is 2.64. The van der Waals surface area contributed by atoms with Gasteiger partial charge in [-0.2, -0.15) is 0 Å². The van der Waals surface area contributed by atoms with Crippen LogP contribution in [0.5, 0.6) is 0 Å². The van der Waals surface area contributed by atoms with Gasteiger partial charge in [-0.25, -0.2) is 13.0 Å². The summed E-state index contributed by atoms with van der Waals surface area (Å²) in [6.07, 6.45) is -2.42. The molecule has 1 rings (SSSR count). The molecule has 0 aromatic heterocycles. The van der Waals surface area contributed by atoms with Crippen LogP contribution < -0.4 is 0 Å². The van der Waals surface area contributed by atoms with Crippen molar-refractivity contribution in [3.8, 4) is 0 Å². The Morgan fingerprint density at radius 3 is 2.14 bits per heavy atom. The summed E-state index contributed by atoms with van der Waals surface area (Å²) in [5.41, 5.74) is 0.467. The van der Waals surface area contributed by atoms with Crippen molar-refractivity contribution in [1.82, 2.24) is 0 Å². The van der Waals surface area contributed by atoms with Crippen molar-refractivity contribution in [1.29, 1.82) is 0 Å². The lowest BCUT2D eigenvalue weighted by atomic mass is 10.0. The molecule has 1 N–H and O–H groups in total. The molecule has 0 radical (unpaired) electrons. The fraction of sp³-hybridized carbons (Fsp3) is 0.333. The molecule has 1 unspecified atom stereocenters. The highest BCUT2D eigenvalue weighted by atomic mass is 32.2. The highest BCUT2D eigenvalue weighted by molar-refractivity contribution is 7.79. The third kappa shape index (κ3) is 2.59. The molecule has 0 heterocycles. The first-order valence-corrected chi connectivity index (χ1v) is 5.12. The van der Waals surface area contributed by atoms with Crippen LogP contribution in [0.15, 0.2) is 29.2 Å². The van der Waals surface area contributed by atoms with Gasteiger partial charge in [0.05, 0.1) is 4.90 Å². The second kappa shape index (κ2) is 4.61. The van der Waals surface area contributed by atoms with Gasteiger partial charge < -0.3 is 4.55 Å². The molecule has 14 heavy (non-hydrogen) atoms. The van der Waals surface area contributed by atoms with Crippen molar-refractivity contribution < 1.29 is 17.5 Å². The van der Waals surface area contributed by atoms with Crippen LogP contribution in [-0.2, 0) is 11.1 Å². The highest BCUT2D eigenvalue weighted by Gasteiger charge is 2.16. The Kier molecular flexibility index (Phi) is 3.71. The average Bonchev–Trinajstić information content (AvgIpc) is 2.16. The first-order chi connectivity index (χ1) is 6.52. The van der Waals surface area contributed by atoms with Gasteiger partial charge in [0.25, 0.3) is 0 Å². The fourth-order valence-corrected chi connectivity index (χ4v) is 1.40. The van der Waals surface area contributed by atoms with Gasteiger partial charge in [-0.1, -0.05) is 19.1 Å². The van der Waals surface area contributed by atoms with Crippen LogP contribution in [0.3, 0.4) is 0 Å². The number of rotatable bonds is 3. The molecule has 0 saturated heterocycles. The van der Waals surface area contributed by atoms with Crippen LogP contribution in [-0.4, -0.2) is 15.2 Å². The largest absolute Gasteiger partial charge is 0.302 e. The molecule has 0 aliphatic rings. The standard InChI is InChI=1S/C9H10F2O2S/c1-6(9(10)11)7-2-4-8(5-3-7)14(12)13/h2-6,9H,1H3,(H,12,13)/t6-/m0/s1. The zero-order valence-corrected chi connectivity index (χ0v) is 8.30. The Labute approximate surface area is 83.2 Å². The van der Waals surface area contributed by atoms with Gasteiger partial charge in [0.1, 0.15) is 0 Å². The SMILES string of the molecule is C[C@@H](c1ccc(S(=O)O)cc1)C(F)F. The summed E-state index contributed by atoms with van der Waals surface area (Å²) in [5.74, 6) is -0.851. The van der Waals surface area contributed by atoms with E-state index >= 15 is 0 Å². The number of benzene rings is 1. The number of alkyl halides is 2. The molecule has 2 nitrogen and oxygen atoms in total. The molecular weight excluding hydrogens is 210 g/mol. The highest BCUT2D eigenvalue weighted by Crippen LogP contribution is 2.23. The first kappa shape index (κ1) is 11.3. The molecular formula is C9H10F2O2S. The third-order valence-electron chi connectivity index (χ3n) is 1.99. The molecule has 0 spiro atoms. The summed E-state index contributed by atoms with van der Waals surface area (Å²) in [7, 11) is 0. The lowest BCUT2D eigenvalue weighted by Gasteiger charge is -2.10. The maximum Gasteiger partial charge on any atom is 0.245 e. The van der Waals surface area contributed by atoms with Crippen LogP contribution >= 0.6 is 0 Å². The van der Waals surface area contributed by atoms with E-state index in [-0.39, 0.29) is 4.90 Å². The monoisotopic (exact) mass is 220 g/mol. The lowest BCUT2D eigenvalue weighted by Crippen LogP contribution is -2.04. The van der Waals surface area contributed by atoms with Gasteiger partial charge in [-0.3, -0.25) is 0 Å². The van der Waals surface area contributed by atoms with E-state index in [0.717, 1.165) is 0 Å². The molecule has 5 heteroatoms. The Morgan fingerprint density at radius 2 is 1.79 bits per heavy atom. The maximum atomic E-state index is 12.3.